The molecule has 0 aliphatic carbocycles. The molecule has 144 valence electrons. The Bertz CT molecular complexity index is 934. The van der Waals surface area contributed by atoms with Crippen LogP contribution in [0.4, 0.5) is 0 Å². The molecule has 0 aliphatic rings. The van der Waals surface area contributed by atoms with Crippen molar-refractivity contribution in [1.29, 1.82) is 10.5 Å². The van der Waals surface area contributed by atoms with Gasteiger partial charge in [-0.3, -0.25) is 4.79 Å². The van der Waals surface area contributed by atoms with Crippen LogP contribution in [0.15, 0.2) is 36.4 Å². The zero-order chi connectivity index (χ0) is 21.1. The van der Waals surface area contributed by atoms with Crippen LogP contribution in [0.5, 0.6) is 0 Å². The highest BCUT2D eigenvalue weighted by atomic mass is 16.4. The monoisotopic (exact) mass is 376 g/mol. The van der Waals surface area contributed by atoms with E-state index in [0.717, 1.165) is 30.4 Å². The number of benzene rings is 2. The van der Waals surface area contributed by atoms with Gasteiger partial charge in [-0.15, -0.1) is 0 Å². The molecule has 0 heterocycles. The third kappa shape index (κ3) is 6.70. The minimum atomic E-state index is -0.961. The summed E-state index contributed by atoms with van der Waals surface area (Å²) in [6.45, 7) is 5.68. The number of unbranched alkanes of at least 4 members (excludes halogenated alkanes) is 2. The lowest BCUT2D eigenvalue weighted by molar-refractivity contribution is 0.0696. The van der Waals surface area contributed by atoms with Crippen LogP contribution >= 0.6 is 0 Å². The average Bonchev–Trinajstić information content (AvgIpc) is 2.67. The van der Waals surface area contributed by atoms with Gasteiger partial charge >= 0.3 is 5.97 Å². The van der Waals surface area contributed by atoms with E-state index >= 15 is 0 Å². The Hall–Kier alpha value is -3.44. The standard InChI is InChI=1S/C14H17NO.C9H7NO2/c1-3-4-5-6-14(16)13-8-7-12(10-15)9-11(13)2;1-6-4-7(5-10)2-3-8(6)9(11)12/h7-9H,3-6H2,1-2H3;2-4H,1H3,(H,11,12). The number of rotatable bonds is 6. The van der Waals surface area contributed by atoms with Crippen LogP contribution in [0, 0.1) is 36.5 Å². The highest BCUT2D eigenvalue weighted by Gasteiger charge is 2.09. The number of nitriles is 2. The SMILES string of the molecule is CCCCCC(=O)c1ccc(C#N)cc1C.Cc1cc(C#N)ccc1C(=O)O. The van der Waals surface area contributed by atoms with E-state index in [-0.39, 0.29) is 11.3 Å². The van der Waals surface area contributed by atoms with Crippen LogP contribution in [0.1, 0.15) is 75.6 Å². The average molecular weight is 376 g/mol. The van der Waals surface area contributed by atoms with E-state index in [1.165, 1.54) is 12.1 Å². The third-order valence-electron chi connectivity index (χ3n) is 4.25. The molecule has 0 aliphatic heterocycles. The summed E-state index contributed by atoms with van der Waals surface area (Å²) in [5, 5.41) is 25.9. The van der Waals surface area contributed by atoms with E-state index in [1.807, 2.05) is 13.0 Å². The quantitative estimate of drug-likeness (QED) is 0.552. The minimum absolute atomic E-state index is 0.190. The number of aryl methyl sites for hydroxylation is 2. The maximum Gasteiger partial charge on any atom is 0.335 e. The Morgan fingerprint density at radius 2 is 1.39 bits per heavy atom. The molecule has 0 fully saturated rings. The number of carboxylic acid groups (broad SMARTS) is 1. The van der Waals surface area contributed by atoms with Gasteiger partial charge in [-0.05, 0) is 67.8 Å². The van der Waals surface area contributed by atoms with Crippen molar-refractivity contribution >= 4 is 11.8 Å². The number of carboxylic acids is 1. The zero-order valence-corrected chi connectivity index (χ0v) is 16.5. The molecule has 5 heteroatoms. The molecule has 0 saturated carbocycles. The highest BCUT2D eigenvalue weighted by Crippen LogP contribution is 2.14. The number of Topliss-reactive ketones (excluding diaryl/α,β-unsaturated/α-hetero) is 1. The van der Waals surface area contributed by atoms with Crippen molar-refractivity contribution in [2.24, 2.45) is 0 Å². The largest absolute Gasteiger partial charge is 0.478 e. The molecular formula is C23H24N2O3. The van der Waals surface area contributed by atoms with Crippen molar-refractivity contribution in [3.8, 4) is 12.1 Å². The molecule has 5 nitrogen and oxygen atoms in total. The molecule has 2 aromatic carbocycles. The molecule has 0 amide bonds. The second-order valence-corrected chi connectivity index (χ2v) is 6.47. The summed E-state index contributed by atoms with van der Waals surface area (Å²) < 4.78 is 0. The number of nitrogens with zero attached hydrogens (tertiary/aromatic N) is 2. The summed E-state index contributed by atoms with van der Waals surface area (Å²) in [6, 6.07) is 13.8. The Labute approximate surface area is 165 Å². The maximum atomic E-state index is 11.9. The number of carbonyl (C=O) groups excluding carboxylic acids is 1. The van der Waals surface area contributed by atoms with Gasteiger partial charge in [0.15, 0.2) is 5.78 Å². The van der Waals surface area contributed by atoms with Crippen LogP contribution in [-0.4, -0.2) is 16.9 Å². The van der Waals surface area contributed by atoms with Crippen LogP contribution in [-0.2, 0) is 0 Å². The zero-order valence-electron chi connectivity index (χ0n) is 16.5. The fourth-order valence-electron chi connectivity index (χ4n) is 2.69. The van der Waals surface area contributed by atoms with Gasteiger partial charge < -0.3 is 5.11 Å². The highest BCUT2D eigenvalue weighted by molar-refractivity contribution is 5.97. The van der Waals surface area contributed by atoms with Crippen molar-refractivity contribution in [1.82, 2.24) is 0 Å². The molecule has 0 aromatic heterocycles. The van der Waals surface area contributed by atoms with E-state index in [1.54, 1.807) is 31.2 Å². The first kappa shape index (κ1) is 22.6. The Kier molecular flexibility index (Phi) is 9.13. The second kappa shape index (κ2) is 11.3. The van der Waals surface area contributed by atoms with E-state index in [9.17, 15) is 9.59 Å². The van der Waals surface area contributed by atoms with Crippen molar-refractivity contribution in [3.05, 3.63) is 69.8 Å². The lowest BCUT2D eigenvalue weighted by Crippen LogP contribution is -2.01. The number of carbonyl (C=O) groups is 2. The topological polar surface area (TPSA) is 102 Å². The summed E-state index contributed by atoms with van der Waals surface area (Å²) in [7, 11) is 0. The molecule has 0 atom stereocenters. The molecular weight excluding hydrogens is 352 g/mol. The van der Waals surface area contributed by atoms with Gasteiger partial charge in [0.05, 0.1) is 28.8 Å². The lowest BCUT2D eigenvalue weighted by Gasteiger charge is -2.04. The summed E-state index contributed by atoms with van der Waals surface area (Å²) in [6.07, 6.45) is 3.79. The Morgan fingerprint density at radius 3 is 1.79 bits per heavy atom. The minimum Gasteiger partial charge on any atom is -0.478 e. The predicted molar refractivity (Wildman–Crippen MR) is 107 cm³/mol. The Morgan fingerprint density at radius 1 is 0.893 bits per heavy atom. The molecule has 0 unspecified atom stereocenters. The normalized spacial score (nSPS) is 9.46. The molecule has 0 saturated heterocycles. The predicted octanol–water partition coefficient (Wildman–Crippen LogP) is 5.19. The first-order chi connectivity index (χ1) is 13.3. The number of hydrogen-bond acceptors (Lipinski definition) is 4. The van der Waals surface area contributed by atoms with E-state index in [0.29, 0.717) is 23.1 Å². The van der Waals surface area contributed by atoms with E-state index in [2.05, 4.69) is 13.0 Å². The second-order valence-electron chi connectivity index (χ2n) is 6.47. The van der Waals surface area contributed by atoms with Gasteiger partial charge in [-0.25, -0.2) is 4.79 Å². The van der Waals surface area contributed by atoms with Crippen LogP contribution in [0.25, 0.3) is 0 Å². The smallest absolute Gasteiger partial charge is 0.335 e. The first-order valence-corrected chi connectivity index (χ1v) is 9.12. The van der Waals surface area contributed by atoms with Crippen molar-refractivity contribution < 1.29 is 14.7 Å². The van der Waals surface area contributed by atoms with Crippen molar-refractivity contribution in [2.45, 2.75) is 46.5 Å². The van der Waals surface area contributed by atoms with Gasteiger partial charge in [0.2, 0.25) is 0 Å². The number of ketones is 1. The van der Waals surface area contributed by atoms with Crippen molar-refractivity contribution in [3.63, 3.8) is 0 Å². The van der Waals surface area contributed by atoms with E-state index < -0.39 is 5.97 Å². The van der Waals surface area contributed by atoms with Gasteiger partial charge in [0.25, 0.3) is 0 Å². The molecule has 2 rings (SSSR count). The summed E-state index contributed by atoms with van der Waals surface area (Å²) in [5.74, 6) is -0.771. The third-order valence-corrected chi connectivity index (χ3v) is 4.25. The molecule has 2 aromatic rings. The molecule has 0 radical (unpaired) electrons. The summed E-state index contributed by atoms with van der Waals surface area (Å²) in [4.78, 5) is 22.4. The lowest BCUT2D eigenvalue weighted by atomic mass is 9.99. The van der Waals surface area contributed by atoms with Crippen molar-refractivity contribution in [2.75, 3.05) is 0 Å². The first-order valence-electron chi connectivity index (χ1n) is 9.12. The molecule has 28 heavy (non-hydrogen) atoms. The van der Waals surface area contributed by atoms with Gasteiger partial charge in [-0.1, -0.05) is 19.8 Å². The number of aromatic carboxylic acids is 1. The van der Waals surface area contributed by atoms with Gasteiger partial charge in [0, 0.05) is 12.0 Å². The fourth-order valence-corrected chi connectivity index (χ4v) is 2.69. The molecule has 1 N–H and O–H groups in total. The van der Waals surface area contributed by atoms with Crippen LogP contribution in [0.2, 0.25) is 0 Å². The van der Waals surface area contributed by atoms with Crippen LogP contribution in [0.3, 0.4) is 0 Å². The molecule has 0 bridgehead atoms. The maximum absolute atomic E-state index is 11.9. The van der Waals surface area contributed by atoms with Gasteiger partial charge in [0.1, 0.15) is 0 Å². The number of hydrogen-bond donors (Lipinski definition) is 1. The molecule has 0 spiro atoms. The summed E-state index contributed by atoms with van der Waals surface area (Å²) >= 11 is 0. The van der Waals surface area contributed by atoms with Gasteiger partial charge in [-0.2, -0.15) is 10.5 Å². The van der Waals surface area contributed by atoms with Crippen LogP contribution < -0.4 is 0 Å². The fraction of sp³-hybridized carbons (Fsp3) is 0.304. The summed E-state index contributed by atoms with van der Waals surface area (Å²) in [5.41, 5.74) is 3.62. The Balaban J connectivity index is 0.000000292. The van der Waals surface area contributed by atoms with E-state index in [4.69, 9.17) is 15.6 Å².